The van der Waals surface area contributed by atoms with Crippen molar-refractivity contribution in [3.05, 3.63) is 58.9 Å². The van der Waals surface area contributed by atoms with Crippen LogP contribution in [-0.4, -0.2) is 9.38 Å². The molecule has 0 saturated carbocycles. The molecule has 4 heteroatoms. The van der Waals surface area contributed by atoms with E-state index in [1.807, 2.05) is 41.8 Å². The van der Waals surface area contributed by atoms with Crippen molar-refractivity contribution in [2.75, 3.05) is 0 Å². The number of hydrogen-bond acceptors (Lipinski definition) is 3. The van der Waals surface area contributed by atoms with Crippen LogP contribution in [0.4, 0.5) is 11.5 Å². The van der Waals surface area contributed by atoms with Gasteiger partial charge in [-0.15, -0.1) is 10.2 Å². The predicted octanol–water partition coefficient (Wildman–Crippen LogP) is 4.98. The van der Waals surface area contributed by atoms with Gasteiger partial charge in [0.2, 0.25) is 0 Å². The minimum Gasteiger partial charge on any atom is -0.283 e. The van der Waals surface area contributed by atoms with Crippen molar-refractivity contribution in [3.8, 4) is 0 Å². The molecule has 0 aliphatic carbocycles. The first-order chi connectivity index (χ1) is 10.0. The Morgan fingerprint density at radius 2 is 1.57 bits per heavy atom. The van der Waals surface area contributed by atoms with E-state index < -0.39 is 0 Å². The fourth-order valence-electron chi connectivity index (χ4n) is 2.49. The smallest absolute Gasteiger partial charge is 0.182 e. The topological polar surface area (TPSA) is 42.0 Å². The van der Waals surface area contributed by atoms with Gasteiger partial charge in [-0.1, -0.05) is 12.1 Å². The van der Waals surface area contributed by atoms with Crippen molar-refractivity contribution in [1.29, 1.82) is 0 Å². The maximum Gasteiger partial charge on any atom is 0.182 e. The minimum absolute atomic E-state index is 0.785. The summed E-state index contributed by atoms with van der Waals surface area (Å²) in [5.74, 6) is 0.785. The number of nitrogens with zero attached hydrogens (tertiary/aromatic N) is 4. The predicted molar refractivity (Wildman–Crippen MR) is 84.8 cm³/mol. The zero-order valence-electron chi connectivity index (χ0n) is 12.8. The quantitative estimate of drug-likeness (QED) is 0.609. The number of azo groups is 1. The van der Waals surface area contributed by atoms with Gasteiger partial charge in [0.05, 0.1) is 11.4 Å². The number of rotatable bonds is 2. The lowest BCUT2D eigenvalue weighted by atomic mass is 10.1. The summed E-state index contributed by atoms with van der Waals surface area (Å²) in [6, 6.07) is 10.2. The van der Waals surface area contributed by atoms with Crippen LogP contribution >= 0.6 is 0 Å². The number of fused-ring (bicyclic) bond motifs is 1. The Morgan fingerprint density at radius 3 is 2.29 bits per heavy atom. The summed E-state index contributed by atoms with van der Waals surface area (Å²) in [6.45, 7) is 8.14. The molecule has 2 aromatic heterocycles. The lowest BCUT2D eigenvalue weighted by Gasteiger charge is -2.00. The molecule has 0 spiro atoms. The highest BCUT2D eigenvalue weighted by Gasteiger charge is 2.07. The zero-order valence-corrected chi connectivity index (χ0v) is 12.8. The molecule has 3 rings (SSSR count). The van der Waals surface area contributed by atoms with E-state index in [0.717, 1.165) is 22.8 Å². The first-order valence-electron chi connectivity index (χ1n) is 6.98. The summed E-state index contributed by atoms with van der Waals surface area (Å²) in [5, 5.41) is 8.79. The third kappa shape index (κ3) is 2.70. The molecule has 3 aromatic rings. The molecule has 1 aromatic carbocycles. The maximum absolute atomic E-state index is 4.51. The summed E-state index contributed by atoms with van der Waals surface area (Å²) in [4.78, 5) is 4.51. The molecule has 0 fully saturated rings. The molecular formula is C17H18N4. The van der Waals surface area contributed by atoms with Crippen LogP contribution in [0, 0.1) is 27.7 Å². The van der Waals surface area contributed by atoms with Crippen molar-refractivity contribution in [3.63, 3.8) is 0 Å². The molecule has 0 unspecified atom stereocenters. The van der Waals surface area contributed by atoms with Gasteiger partial charge in [-0.3, -0.25) is 4.40 Å². The van der Waals surface area contributed by atoms with E-state index in [1.54, 1.807) is 0 Å². The van der Waals surface area contributed by atoms with E-state index in [-0.39, 0.29) is 0 Å². The Kier molecular flexibility index (Phi) is 3.29. The van der Waals surface area contributed by atoms with Gasteiger partial charge in [0.25, 0.3) is 0 Å². The number of hydrogen-bond donors (Lipinski definition) is 0. The first-order valence-corrected chi connectivity index (χ1v) is 6.98. The van der Waals surface area contributed by atoms with E-state index in [1.165, 1.54) is 16.7 Å². The fourth-order valence-corrected chi connectivity index (χ4v) is 2.49. The second-order valence-electron chi connectivity index (χ2n) is 5.50. The second kappa shape index (κ2) is 5.13. The van der Waals surface area contributed by atoms with Crippen LogP contribution in [0.15, 0.2) is 46.8 Å². The standard InChI is InChI=1S/C17H18N4/c1-11-5-6-16-18-14(4)17(21(16)10-11)20-19-15-8-12(2)7-13(3)9-15/h5-10H,1-4H3. The number of aromatic nitrogens is 2. The Labute approximate surface area is 124 Å². The zero-order chi connectivity index (χ0) is 15.0. The Bertz CT molecular complexity index is 823. The molecule has 4 nitrogen and oxygen atoms in total. The summed E-state index contributed by atoms with van der Waals surface area (Å²) >= 11 is 0. The molecule has 0 atom stereocenters. The Balaban J connectivity index is 2.06. The third-order valence-electron chi connectivity index (χ3n) is 3.38. The van der Waals surface area contributed by atoms with Gasteiger partial charge in [0.15, 0.2) is 5.82 Å². The van der Waals surface area contributed by atoms with Crippen molar-refractivity contribution in [2.45, 2.75) is 27.7 Å². The summed E-state index contributed by atoms with van der Waals surface area (Å²) < 4.78 is 1.98. The molecule has 0 aliphatic heterocycles. The monoisotopic (exact) mass is 278 g/mol. The normalized spacial score (nSPS) is 11.6. The molecule has 0 radical (unpaired) electrons. The highest BCUT2D eigenvalue weighted by molar-refractivity contribution is 5.52. The molecule has 21 heavy (non-hydrogen) atoms. The molecule has 0 N–H and O–H groups in total. The fraction of sp³-hybridized carbons (Fsp3) is 0.235. The second-order valence-corrected chi connectivity index (χ2v) is 5.50. The van der Waals surface area contributed by atoms with Crippen molar-refractivity contribution >= 4 is 17.2 Å². The average Bonchev–Trinajstić information content (AvgIpc) is 2.70. The van der Waals surface area contributed by atoms with Crippen molar-refractivity contribution < 1.29 is 0 Å². The van der Waals surface area contributed by atoms with Gasteiger partial charge >= 0.3 is 0 Å². The van der Waals surface area contributed by atoms with Crippen LogP contribution in [-0.2, 0) is 0 Å². The molecule has 106 valence electrons. The summed E-state index contributed by atoms with van der Waals surface area (Å²) in [7, 11) is 0. The van der Waals surface area contributed by atoms with Crippen LogP contribution in [0.5, 0.6) is 0 Å². The van der Waals surface area contributed by atoms with Crippen LogP contribution in [0.25, 0.3) is 5.65 Å². The number of imidazole rings is 1. The van der Waals surface area contributed by atoms with Crippen LogP contribution in [0.1, 0.15) is 22.4 Å². The van der Waals surface area contributed by atoms with Crippen LogP contribution < -0.4 is 0 Å². The highest BCUT2D eigenvalue weighted by Crippen LogP contribution is 2.25. The lowest BCUT2D eigenvalue weighted by Crippen LogP contribution is -1.84. The van der Waals surface area contributed by atoms with Gasteiger partial charge in [-0.05, 0) is 62.6 Å². The van der Waals surface area contributed by atoms with Gasteiger partial charge in [-0.2, -0.15) is 0 Å². The molecule has 0 bridgehead atoms. The van der Waals surface area contributed by atoms with Crippen LogP contribution in [0.2, 0.25) is 0 Å². The van der Waals surface area contributed by atoms with E-state index in [2.05, 4.69) is 42.1 Å². The molecule has 0 saturated heterocycles. The summed E-state index contributed by atoms with van der Waals surface area (Å²) in [6.07, 6.45) is 2.03. The largest absolute Gasteiger partial charge is 0.283 e. The summed E-state index contributed by atoms with van der Waals surface area (Å²) in [5.41, 5.74) is 6.20. The lowest BCUT2D eigenvalue weighted by molar-refractivity contribution is 1.08. The van der Waals surface area contributed by atoms with Crippen molar-refractivity contribution in [2.24, 2.45) is 10.2 Å². The van der Waals surface area contributed by atoms with Gasteiger partial charge in [-0.25, -0.2) is 4.98 Å². The van der Waals surface area contributed by atoms with E-state index >= 15 is 0 Å². The Hall–Kier alpha value is -2.49. The van der Waals surface area contributed by atoms with Gasteiger partial charge in [0.1, 0.15) is 5.65 Å². The molecule has 0 amide bonds. The Morgan fingerprint density at radius 1 is 0.857 bits per heavy atom. The molecule has 0 aliphatic rings. The van der Waals surface area contributed by atoms with E-state index in [0.29, 0.717) is 0 Å². The van der Waals surface area contributed by atoms with Gasteiger partial charge in [0, 0.05) is 6.20 Å². The third-order valence-corrected chi connectivity index (χ3v) is 3.38. The van der Waals surface area contributed by atoms with E-state index in [9.17, 15) is 0 Å². The number of pyridine rings is 1. The number of benzene rings is 1. The highest BCUT2D eigenvalue weighted by atomic mass is 15.2. The number of aryl methyl sites for hydroxylation is 4. The average molecular weight is 278 g/mol. The van der Waals surface area contributed by atoms with Crippen LogP contribution in [0.3, 0.4) is 0 Å². The minimum atomic E-state index is 0.785. The maximum atomic E-state index is 4.51. The van der Waals surface area contributed by atoms with E-state index in [4.69, 9.17) is 0 Å². The van der Waals surface area contributed by atoms with Gasteiger partial charge < -0.3 is 0 Å². The van der Waals surface area contributed by atoms with Crippen molar-refractivity contribution in [1.82, 2.24) is 9.38 Å². The molecule has 2 heterocycles. The first kappa shape index (κ1) is 13.5. The molecular weight excluding hydrogens is 260 g/mol. The SMILES string of the molecule is Cc1cc(C)cc(N=Nc2c(C)nc3ccc(C)cn23)c1.